The first kappa shape index (κ1) is 16.9. The third-order valence-corrected chi connectivity index (χ3v) is 2.93. The summed E-state index contributed by atoms with van der Waals surface area (Å²) in [6.07, 6.45) is 2.23. The Bertz CT molecular complexity index is 774. The monoisotopic (exact) mass is 331 g/mol. The van der Waals surface area contributed by atoms with Crippen LogP contribution in [0.3, 0.4) is 0 Å². The average Bonchev–Trinajstić information content (AvgIpc) is 3.07. The van der Waals surface area contributed by atoms with Crippen LogP contribution >= 0.6 is 0 Å². The van der Waals surface area contributed by atoms with E-state index in [2.05, 4.69) is 0 Å². The van der Waals surface area contributed by atoms with Crippen LogP contribution in [0.2, 0.25) is 0 Å². The number of hydrogen-bond acceptors (Lipinski definition) is 7. The quantitative estimate of drug-likeness (QED) is 0.252. The Morgan fingerprint density at radius 3 is 2.50 bits per heavy atom. The Morgan fingerprint density at radius 2 is 1.92 bits per heavy atom. The van der Waals surface area contributed by atoms with Gasteiger partial charge in [0.25, 0.3) is 0 Å². The molecule has 124 valence electrons. The summed E-state index contributed by atoms with van der Waals surface area (Å²) in [6, 6.07) is 8.87. The van der Waals surface area contributed by atoms with Gasteiger partial charge < -0.3 is 13.9 Å². The van der Waals surface area contributed by atoms with Crippen LogP contribution in [0, 0.1) is 10.1 Å². The molecule has 2 rings (SSSR count). The van der Waals surface area contributed by atoms with E-state index in [0.29, 0.717) is 11.3 Å². The third kappa shape index (κ3) is 4.54. The number of rotatable bonds is 7. The molecule has 0 aliphatic heterocycles. The number of carbonyl (C=O) groups excluding carboxylic acids is 2. The summed E-state index contributed by atoms with van der Waals surface area (Å²) in [5, 5.41) is 10.5. The van der Waals surface area contributed by atoms with Crippen LogP contribution in [-0.2, 0) is 9.53 Å². The lowest BCUT2D eigenvalue weighted by molar-refractivity contribution is -0.402. The fourth-order valence-corrected chi connectivity index (χ4v) is 1.73. The van der Waals surface area contributed by atoms with Crippen molar-refractivity contribution in [3.63, 3.8) is 0 Å². The van der Waals surface area contributed by atoms with Crippen LogP contribution in [0.15, 0.2) is 46.9 Å². The maximum atomic E-state index is 11.9. The van der Waals surface area contributed by atoms with Crippen LogP contribution in [0.1, 0.15) is 16.1 Å². The normalized spacial score (nSPS) is 10.5. The van der Waals surface area contributed by atoms with Crippen molar-refractivity contribution in [2.24, 2.45) is 0 Å². The lowest BCUT2D eigenvalue weighted by Gasteiger charge is -2.03. The third-order valence-electron chi connectivity index (χ3n) is 2.93. The second-order valence-electron chi connectivity index (χ2n) is 4.53. The zero-order valence-corrected chi connectivity index (χ0v) is 12.6. The second-order valence-corrected chi connectivity index (χ2v) is 4.53. The highest BCUT2D eigenvalue weighted by Gasteiger charge is 2.11. The molecule has 0 spiro atoms. The minimum atomic E-state index is -0.768. The van der Waals surface area contributed by atoms with Crippen molar-refractivity contribution in [3.8, 4) is 5.75 Å². The van der Waals surface area contributed by atoms with Gasteiger partial charge >= 0.3 is 11.9 Å². The molecule has 0 aliphatic rings. The van der Waals surface area contributed by atoms with Gasteiger partial charge in [-0.3, -0.25) is 14.9 Å². The van der Waals surface area contributed by atoms with Crippen molar-refractivity contribution >= 4 is 23.7 Å². The van der Waals surface area contributed by atoms with Gasteiger partial charge in [0, 0.05) is 11.6 Å². The standard InChI is InChI=1S/C16H13NO7/c1-22-12-4-2-11(3-5-12)14(18)10-23-16(19)9-7-13-6-8-15(24-13)17(20)21/h2-9H,10H2,1H3/b9-7+. The van der Waals surface area contributed by atoms with E-state index in [1.54, 1.807) is 24.3 Å². The van der Waals surface area contributed by atoms with Crippen molar-refractivity contribution in [1.29, 1.82) is 0 Å². The maximum Gasteiger partial charge on any atom is 0.433 e. The molecule has 0 bridgehead atoms. The Kier molecular flexibility index (Phi) is 5.45. The van der Waals surface area contributed by atoms with E-state index in [4.69, 9.17) is 13.9 Å². The van der Waals surface area contributed by atoms with E-state index >= 15 is 0 Å². The molecule has 0 atom stereocenters. The highest BCUT2D eigenvalue weighted by Crippen LogP contribution is 2.16. The molecular formula is C16H13NO7. The molecule has 1 aromatic carbocycles. The molecule has 0 saturated heterocycles. The zero-order valence-electron chi connectivity index (χ0n) is 12.6. The molecule has 0 N–H and O–H groups in total. The van der Waals surface area contributed by atoms with Gasteiger partial charge in [-0.1, -0.05) is 0 Å². The van der Waals surface area contributed by atoms with Gasteiger partial charge in [0.2, 0.25) is 0 Å². The van der Waals surface area contributed by atoms with Gasteiger partial charge in [0.1, 0.15) is 16.4 Å². The second kappa shape index (κ2) is 7.73. The molecule has 0 radical (unpaired) electrons. The number of furan rings is 1. The fourth-order valence-electron chi connectivity index (χ4n) is 1.73. The lowest BCUT2D eigenvalue weighted by atomic mass is 10.1. The number of esters is 1. The van der Waals surface area contributed by atoms with Gasteiger partial charge in [0.05, 0.1) is 13.2 Å². The summed E-state index contributed by atoms with van der Waals surface area (Å²) in [5.74, 6) is -0.833. The van der Waals surface area contributed by atoms with Crippen molar-refractivity contribution in [3.05, 3.63) is 63.9 Å². The van der Waals surface area contributed by atoms with Crippen LogP contribution < -0.4 is 4.74 Å². The summed E-state index contributed by atoms with van der Waals surface area (Å²) >= 11 is 0. The molecule has 0 amide bonds. The summed E-state index contributed by atoms with van der Waals surface area (Å²) in [4.78, 5) is 33.2. The average molecular weight is 331 g/mol. The van der Waals surface area contributed by atoms with Crippen molar-refractivity contribution in [1.82, 2.24) is 0 Å². The first-order chi connectivity index (χ1) is 11.5. The van der Waals surface area contributed by atoms with Crippen molar-refractivity contribution in [2.75, 3.05) is 13.7 Å². The smallest absolute Gasteiger partial charge is 0.433 e. The summed E-state index contributed by atoms with van der Waals surface area (Å²) in [5.41, 5.74) is 0.384. The van der Waals surface area contributed by atoms with Gasteiger partial charge in [-0.25, -0.2) is 4.79 Å². The lowest BCUT2D eigenvalue weighted by Crippen LogP contribution is -2.12. The first-order valence-corrected chi connectivity index (χ1v) is 6.76. The van der Waals surface area contributed by atoms with Gasteiger partial charge in [-0.2, -0.15) is 0 Å². The van der Waals surface area contributed by atoms with E-state index in [1.165, 1.54) is 19.3 Å². The maximum absolute atomic E-state index is 11.9. The minimum Gasteiger partial charge on any atom is -0.497 e. The minimum absolute atomic E-state index is 0.125. The fraction of sp³-hybridized carbons (Fsp3) is 0.125. The Labute approximate surface area is 136 Å². The van der Waals surface area contributed by atoms with Gasteiger partial charge in [-0.05, 0) is 36.4 Å². The van der Waals surface area contributed by atoms with Crippen LogP contribution in [0.4, 0.5) is 5.88 Å². The highest BCUT2D eigenvalue weighted by molar-refractivity contribution is 5.98. The summed E-state index contributed by atoms with van der Waals surface area (Å²) < 4.78 is 14.6. The molecule has 1 aromatic heterocycles. The molecule has 0 aliphatic carbocycles. The molecule has 0 saturated carbocycles. The molecule has 8 nitrogen and oxygen atoms in total. The van der Waals surface area contributed by atoms with Crippen molar-refractivity contribution in [2.45, 2.75) is 0 Å². The van der Waals surface area contributed by atoms with E-state index in [-0.39, 0.29) is 11.5 Å². The zero-order chi connectivity index (χ0) is 17.5. The summed E-state index contributed by atoms with van der Waals surface area (Å²) in [7, 11) is 1.51. The number of ether oxygens (including phenoxy) is 2. The summed E-state index contributed by atoms with van der Waals surface area (Å²) in [6.45, 7) is -0.423. The number of carbonyl (C=O) groups is 2. The number of ketones is 1. The SMILES string of the molecule is COc1ccc(C(=O)COC(=O)/C=C/c2ccc([N+](=O)[O-])o2)cc1. The number of Topliss-reactive ketones (excluding diaryl/α,β-unsaturated/α-hetero) is 1. The van der Waals surface area contributed by atoms with E-state index in [9.17, 15) is 19.7 Å². The van der Waals surface area contributed by atoms with Crippen molar-refractivity contribution < 1.29 is 28.4 Å². The van der Waals surface area contributed by atoms with Gasteiger partial charge in [-0.15, -0.1) is 0 Å². The first-order valence-electron chi connectivity index (χ1n) is 6.76. The predicted molar refractivity (Wildman–Crippen MR) is 82.7 cm³/mol. The van der Waals surface area contributed by atoms with E-state index in [0.717, 1.165) is 12.1 Å². The van der Waals surface area contributed by atoms with Gasteiger partial charge in [0.15, 0.2) is 12.4 Å². The Hall–Kier alpha value is -3.42. The number of methoxy groups -OCH3 is 1. The molecular weight excluding hydrogens is 318 g/mol. The molecule has 8 heteroatoms. The van der Waals surface area contributed by atoms with E-state index in [1.807, 2.05) is 0 Å². The number of benzene rings is 1. The predicted octanol–water partition coefficient (Wildman–Crippen LogP) is 2.64. The molecule has 0 unspecified atom stereocenters. The van der Waals surface area contributed by atoms with Crippen LogP contribution in [-0.4, -0.2) is 30.4 Å². The molecule has 2 aromatic rings. The van der Waals surface area contributed by atoms with Crippen LogP contribution in [0.25, 0.3) is 6.08 Å². The Balaban J connectivity index is 1.86. The van der Waals surface area contributed by atoms with Crippen LogP contribution in [0.5, 0.6) is 5.75 Å². The highest BCUT2D eigenvalue weighted by atomic mass is 16.6. The molecule has 1 heterocycles. The topological polar surface area (TPSA) is 109 Å². The molecule has 0 fully saturated rings. The van der Waals surface area contributed by atoms with E-state index < -0.39 is 23.4 Å². The number of nitrogens with zero attached hydrogens (tertiary/aromatic N) is 1. The largest absolute Gasteiger partial charge is 0.497 e. The number of nitro groups is 1. The Morgan fingerprint density at radius 1 is 1.21 bits per heavy atom. The molecule has 24 heavy (non-hydrogen) atoms. The number of hydrogen-bond donors (Lipinski definition) is 0.